The molecule has 2 aliphatic heterocycles. The van der Waals surface area contributed by atoms with Crippen molar-refractivity contribution in [3.05, 3.63) is 35.6 Å². The number of hydrogen-bond acceptors (Lipinski definition) is 8. The van der Waals surface area contributed by atoms with Crippen LogP contribution in [0.4, 0.5) is 4.39 Å². The Labute approximate surface area is 225 Å². The van der Waals surface area contributed by atoms with Crippen LogP contribution in [0.2, 0.25) is 0 Å². The number of methoxy groups -OCH3 is 1. The summed E-state index contributed by atoms with van der Waals surface area (Å²) in [6, 6.07) is 7.31. The second kappa shape index (κ2) is 17.5. The van der Waals surface area contributed by atoms with Crippen LogP contribution < -0.4 is 0 Å². The molecule has 0 saturated carbocycles. The van der Waals surface area contributed by atoms with E-state index >= 15 is 0 Å². The Bertz CT molecular complexity index is 683. The Kier molecular flexibility index (Phi) is 16.4. The van der Waals surface area contributed by atoms with Gasteiger partial charge in [0, 0.05) is 18.0 Å². The molecule has 4 atom stereocenters. The van der Waals surface area contributed by atoms with Crippen LogP contribution >= 0.6 is 0 Å². The van der Waals surface area contributed by atoms with Gasteiger partial charge in [-0.3, -0.25) is 9.69 Å². The predicted octanol–water partition coefficient (Wildman–Crippen LogP) is 2.76. The van der Waals surface area contributed by atoms with Crippen molar-refractivity contribution in [3.63, 3.8) is 0 Å². The maximum absolute atomic E-state index is 13.2. The van der Waals surface area contributed by atoms with Crippen LogP contribution in [0, 0.1) is 11.7 Å². The Hall–Kier alpha value is 0.0394. The van der Waals surface area contributed by atoms with E-state index in [1.54, 1.807) is 0 Å². The number of hydrogen-bond donors (Lipinski definition) is 0. The third-order valence-electron chi connectivity index (χ3n) is 6.34. The van der Waals surface area contributed by atoms with Gasteiger partial charge in [0.05, 0.1) is 13.0 Å². The van der Waals surface area contributed by atoms with Crippen molar-refractivity contribution >= 4 is 43.9 Å². The van der Waals surface area contributed by atoms with Crippen LogP contribution in [0.25, 0.3) is 0 Å². The van der Waals surface area contributed by atoms with Crippen molar-refractivity contribution in [1.29, 1.82) is 0 Å². The zero-order chi connectivity index (χ0) is 24.8. The summed E-state index contributed by atoms with van der Waals surface area (Å²) in [4.78, 5) is 17.1. The molecule has 0 spiro atoms. The van der Waals surface area contributed by atoms with Crippen molar-refractivity contribution in [2.24, 2.45) is 5.92 Å². The number of rotatable bonds is 9. The average molecular weight is 601 g/mol. The van der Waals surface area contributed by atoms with Crippen molar-refractivity contribution in [2.45, 2.75) is 43.7 Å². The first-order chi connectivity index (χ1) is 16.0. The van der Waals surface area contributed by atoms with Crippen LogP contribution in [0.1, 0.15) is 37.2 Å². The van der Waals surface area contributed by atoms with Crippen molar-refractivity contribution < 1.29 is 36.3 Å². The summed E-state index contributed by atoms with van der Waals surface area (Å²) in [6.45, 7) is 2.94. The number of carbonyl (C=O) groups excluding carboxylic acids is 1. The molecule has 2 saturated heterocycles. The SMILES string of the molecule is CN(CC[S-])CC[S-].COC(=O)[C@@H]1C2CCC(C[C@@H]1c1ccc(F)cc1)N2CCC[S-].[O]=[99Tc+4]. The van der Waals surface area contributed by atoms with Crippen molar-refractivity contribution in [2.75, 3.05) is 51.1 Å². The quantitative estimate of drug-likeness (QED) is 0.317. The standard InChI is InChI=1S/C18H24FNO2S.C5H13NS2.O.Tc/c1-22-18(21)17-15(12-3-5-13(19)6-4-12)11-14-7-8-16(17)20(14)9-2-10-23;1-6(2-4-7)3-5-8;;/h3-6,14-17,23H,2,7-11H2,1H3;7-8H,2-5H2,1H3;;/q;;;+4/p-3/t14?,15-,16?,17+;;;/m1.../s1/i;;;1+1. The first-order valence-electron chi connectivity index (χ1n) is 11.1. The molecule has 33 heavy (non-hydrogen) atoms. The fourth-order valence-corrected chi connectivity index (χ4v) is 5.59. The Balaban J connectivity index is 0.000000464. The van der Waals surface area contributed by atoms with Gasteiger partial charge in [0.1, 0.15) is 5.82 Å². The summed E-state index contributed by atoms with van der Waals surface area (Å²) in [5, 5.41) is 0. The predicted molar refractivity (Wildman–Crippen MR) is 132 cm³/mol. The minimum atomic E-state index is -0.241. The molecule has 2 unspecified atom stereocenters. The molecule has 5 nitrogen and oxygen atoms in total. The molecule has 0 N–H and O–H groups in total. The molecular formula is C23H34FN2O3S3Tc+. The summed E-state index contributed by atoms with van der Waals surface area (Å²) < 4.78 is 26.6. The maximum atomic E-state index is 13.2. The second-order valence-corrected chi connectivity index (χ2v) is 9.47. The molecule has 2 bridgehead atoms. The van der Waals surface area contributed by atoms with E-state index in [-0.39, 0.29) is 29.7 Å². The van der Waals surface area contributed by atoms with Gasteiger partial charge in [0.2, 0.25) is 0 Å². The monoisotopic (exact) mass is 600 g/mol. The van der Waals surface area contributed by atoms with Gasteiger partial charge >= 0.3 is 28.3 Å². The van der Waals surface area contributed by atoms with Gasteiger partial charge in [0.25, 0.3) is 0 Å². The van der Waals surface area contributed by atoms with Gasteiger partial charge in [-0.15, -0.1) is 0 Å². The Morgan fingerprint density at radius 2 is 1.73 bits per heavy atom. The fraction of sp³-hybridized carbons (Fsp3) is 0.696. The number of esters is 1. The van der Waals surface area contributed by atoms with Gasteiger partial charge in [-0.25, -0.2) is 4.39 Å². The minimum absolute atomic E-state index is 0.111. The van der Waals surface area contributed by atoms with E-state index in [9.17, 15) is 9.18 Å². The number of ether oxygens (including phenoxy) is 1. The molecule has 2 heterocycles. The molecule has 0 aliphatic carbocycles. The number of fused-ring (bicyclic) bond motifs is 2. The van der Waals surface area contributed by atoms with Gasteiger partial charge in [-0.05, 0) is 63.6 Å². The van der Waals surface area contributed by atoms with E-state index in [0.29, 0.717) is 6.04 Å². The fourth-order valence-electron chi connectivity index (χ4n) is 4.84. The molecule has 3 rings (SSSR count). The zero-order valence-corrected chi connectivity index (χ0v) is 23.6. The third-order valence-corrected chi connectivity index (χ3v) is 7.00. The van der Waals surface area contributed by atoms with E-state index < -0.39 is 0 Å². The van der Waals surface area contributed by atoms with Crippen LogP contribution in [0.15, 0.2) is 24.3 Å². The number of carbonyl (C=O) groups is 1. The van der Waals surface area contributed by atoms with Crippen LogP contribution in [0.3, 0.4) is 0 Å². The molecule has 0 amide bonds. The molecule has 2 fully saturated rings. The second-order valence-electron chi connectivity index (χ2n) is 8.25. The zero-order valence-electron chi connectivity index (χ0n) is 19.3. The topological polar surface area (TPSA) is 49.9 Å². The normalized spacial score (nSPS) is 23.9. The van der Waals surface area contributed by atoms with E-state index in [1.165, 1.54) is 19.2 Å². The van der Waals surface area contributed by atoms with E-state index in [0.717, 1.165) is 87.0 Å². The van der Waals surface area contributed by atoms with Crippen molar-refractivity contribution in [1.82, 2.24) is 9.80 Å². The molecule has 10 heteroatoms. The number of nitrogens with zero attached hydrogens (tertiary/aromatic N) is 2. The first-order valence-corrected chi connectivity index (χ1v) is 13.6. The van der Waals surface area contributed by atoms with Gasteiger partial charge in [0.15, 0.2) is 0 Å². The summed E-state index contributed by atoms with van der Waals surface area (Å²) in [7, 11) is 3.50. The van der Waals surface area contributed by atoms with Crippen LogP contribution in [-0.4, -0.2) is 78.9 Å². The molecule has 1 aromatic rings. The van der Waals surface area contributed by atoms with Crippen LogP contribution in [0.5, 0.6) is 0 Å². The summed E-state index contributed by atoms with van der Waals surface area (Å²) in [5.74, 6) is 1.93. The molecule has 0 radical (unpaired) electrons. The Morgan fingerprint density at radius 3 is 2.24 bits per heavy atom. The molecule has 1 aromatic carbocycles. The number of piperidine rings is 1. The van der Waals surface area contributed by atoms with Gasteiger partial charge in [-0.2, -0.15) is 17.3 Å². The van der Waals surface area contributed by atoms with E-state index in [4.69, 9.17) is 46.1 Å². The number of halogens is 1. The number of benzene rings is 1. The summed E-state index contributed by atoms with van der Waals surface area (Å²) in [5.41, 5.74) is 1.04. The summed E-state index contributed by atoms with van der Waals surface area (Å²) >= 11 is 15.5. The van der Waals surface area contributed by atoms with Crippen LogP contribution in [-0.2, 0) is 69.8 Å². The molecule has 0 aromatic heterocycles. The third kappa shape index (κ3) is 9.54. The van der Waals surface area contributed by atoms with E-state index in [1.807, 2.05) is 19.2 Å². The first kappa shape index (κ1) is 31.1. The molecule has 185 valence electrons. The van der Waals surface area contributed by atoms with Gasteiger partial charge < -0.3 is 47.5 Å². The molecule has 2 aliphatic rings. The Morgan fingerprint density at radius 1 is 1.12 bits per heavy atom. The average Bonchev–Trinajstić information content (AvgIpc) is 3.10. The molecular weight excluding hydrogens is 566 g/mol. The summed E-state index contributed by atoms with van der Waals surface area (Å²) in [6.07, 6.45) is 4.06. The van der Waals surface area contributed by atoms with E-state index in [2.05, 4.69) is 9.80 Å². The van der Waals surface area contributed by atoms with Crippen molar-refractivity contribution in [3.8, 4) is 0 Å². The van der Waals surface area contributed by atoms with Gasteiger partial charge in [-0.1, -0.05) is 18.6 Å².